The van der Waals surface area contributed by atoms with Gasteiger partial charge in [0.05, 0.1) is 16.6 Å². The molecule has 0 atom stereocenters. The van der Waals surface area contributed by atoms with Gasteiger partial charge in [-0.1, -0.05) is 0 Å². The van der Waals surface area contributed by atoms with Gasteiger partial charge >= 0.3 is 0 Å². The Morgan fingerprint density at radius 2 is 2.12 bits per heavy atom. The maximum Gasteiger partial charge on any atom is 0.228 e. The molecule has 0 bridgehead atoms. The third-order valence-electron chi connectivity index (χ3n) is 3.57. The second-order valence-electron chi connectivity index (χ2n) is 5.60. The first kappa shape index (κ1) is 17.4. The fourth-order valence-electron chi connectivity index (χ4n) is 2.19. The predicted molar refractivity (Wildman–Crippen MR) is 98.4 cm³/mol. The van der Waals surface area contributed by atoms with Gasteiger partial charge in [0.2, 0.25) is 5.91 Å². The number of amides is 1. The lowest BCUT2D eigenvalue weighted by Crippen LogP contribution is -2.28. The van der Waals surface area contributed by atoms with Crippen LogP contribution < -0.4 is 4.90 Å². The molecule has 3 rings (SSSR count). The number of sulfone groups is 1. The Kier molecular flexibility index (Phi) is 4.78. The minimum atomic E-state index is -3.18. The predicted octanol–water partition coefficient (Wildman–Crippen LogP) is 2.15. The van der Waals surface area contributed by atoms with Crippen LogP contribution in [0.1, 0.15) is 6.42 Å². The van der Waals surface area contributed by atoms with Crippen molar-refractivity contribution in [2.45, 2.75) is 6.42 Å². The average Bonchev–Trinajstić information content (AvgIpc) is 3.02. The quantitative estimate of drug-likeness (QED) is 0.677. The minimum Gasteiger partial charge on any atom is -0.300 e. The van der Waals surface area contributed by atoms with Crippen LogP contribution in [0.25, 0.3) is 20.8 Å². The molecule has 3 aromatic heterocycles. The van der Waals surface area contributed by atoms with Gasteiger partial charge in [0, 0.05) is 43.7 Å². The molecule has 25 heavy (non-hydrogen) atoms. The number of nitrogens with zero attached hydrogens (tertiary/aromatic N) is 4. The lowest BCUT2D eigenvalue weighted by molar-refractivity contribution is -0.118. The van der Waals surface area contributed by atoms with Gasteiger partial charge in [0.25, 0.3) is 0 Å². The molecule has 0 N–H and O–H groups in total. The van der Waals surface area contributed by atoms with E-state index in [0.29, 0.717) is 5.82 Å². The first-order valence-corrected chi connectivity index (χ1v) is 10.3. The van der Waals surface area contributed by atoms with Gasteiger partial charge in [0.1, 0.15) is 26.2 Å². The zero-order valence-electron chi connectivity index (χ0n) is 13.7. The van der Waals surface area contributed by atoms with Crippen LogP contribution in [0.2, 0.25) is 0 Å². The lowest BCUT2D eigenvalue weighted by Gasteiger charge is -2.15. The van der Waals surface area contributed by atoms with Crippen molar-refractivity contribution >= 4 is 43.1 Å². The first-order chi connectivity index (χ1) is 11.8. The van der Waals surface area contributed by atoms with E-state index in [1.807, 2.05) is 12.1 Å². The number of thiazole rings is 1. The van der Waals surface area contributed by atoms with Crippen molar-refractivity contribution in [3.05, 3.63) is 36.8 Å². The number of aromatic nitrogens is 3. The molecular weight excluding hydrogens is 360 g/mol. The van der Waals surface area contributed by atoms with E-state index < -0.39 is 9.84 Å². The van der Waals surface area contributed by atoms with Gasteiger partial charge in [-0.3, -0.25) is 14.7 Å². The third kappa shape index (κ3) is 4.18. The molecule has 0 saturated carbocycles. The number of carbonyl (C=O) groups excluding carboxylic acids is 1. The van der Waals surface area contributed by atoms with Crippen molar-refractivity contribution in [3.8, 4) is 10.6 Å². The van der Waals surface area contributed by atoms with Gasteiger partial charge in [-0.05, 0) is 12.1 Å². The molecule has 0 unspecified atom stereocenters. The molecule has 0 radical (unpaired) electrons. The smallest absolute Gasteiger partial charge is 0.228 e. The van der Waals surface area contributed by atoms with Crippen LogP contribution in [0.3, 0.4) is 0 Å². The van der Waals surface area contributed by atoms with Gasteiger partial charge < -0.3 is 0 Å². The largest absolute Gasteiger partial charge is 0.300 e. The summed E-state index contributed by atoms with van der Waals surface area (Å²) in [6.45, 7) is 0. The molecule has 3 heterocycles. The van der Waals surface area contributed by atoms with E-state index in [1.54, 1.807) is 31.7 Å². The van der Waals surface area contributed by atoms with Gasteiger partial charge in [-0.25, -0.2) is 18.4 Å². The van der Waals surface area contributed by atoms with Crippen molar-refractivity contribution < 1.29 is 13.2 Å². The molecule has 0 saturated heterocycles. The van der Waals surface area contributed by atoms with Crippen molar-refractivity contribution in [1.29, 1.82) is 0 Å². The monoisotopic (exact) mass is 376 g/mol. The normalized spacial score (nSPS) is 11.6. The first-order valence-electron chi connectivity index (χ1n) is 7.45. The minimum absolute atomic E-state index is 0.0708. The number of hydrogen-bond donors (Lipinski definition) is 0. The number of hydrogen-bond acceptors (Lipinski definition) is 7. The number of fused-ring (bicyclic) bond motifs is 1. The molecule has 0 aliphatic rings. The Labute approximate surface area is 149 Å². The Hall–Kier alpha value is -2.39. The second kappa shape index (κ2) is 6.85. The van der Waals surface area contributed by atoms with E-state index >= 15 is 0 Å². The van der Waals surface area contributed by atoms with E-state index in [2.05, 4.69) is 15.0 Å². The van der Waals surface area contributed by atoms with Crippen LogP contribution in [0.5, 0.6) is 0 Å². The van der Waals surface area contributed by atoms with Crippen LogP contribution >= 0.6 is 11.3 Å². The molecule has 0 aliphatic carbocycles. The fraction of sp³-hybridized carbons (Fsp3) is 0.250. The maximum atomic E-state index is 12.2. The van der Waals surface area contributed by atoms with E-state index in [-0.39, 0.29) is 18.1 Å². The highest BCUT2D eigenvalue weighted by Gasteiger charge is 2.16. The van der Waals surface area contributed by atoms with Crippen LogP contribution in [0.4, 0.5) is 5.82 Å². The summed E-state index contributed by atoms with van der Waals surface area (Å²) in [6, 6.07) is 5.56. The highest BCUT2D eigenvalue weighted by Crippen LogP contribution is 2.31. The van der Waals surface area contributed by atoms with Crippen LogP contribution in [0.15, 0.2) is 36.8 Å². The molecule has 0 spiro atoms. The molecular formula is C16H16N4O3S2. The zero-order valence-corrected chi connectivity index (χ0v) is 15.3. The van der Waals surface area contributed by atoms with Gasteiger partial charge in [-0.15, -0.1) is 11.3 Å². The molecule has 9 heteroatoms. The van der Waals surface area contributed by atoms with Crippen molar-refractivity contribution in [3.63, 3.8) is 0 Å². The van der Waals surface area contributed by atoms with Crippen LogP contribution in [-0.2, 0) is 14.6 Å². The summed E-state index contributed by atoms with van der Waals surface area (Å²) < 4.78 is 23.3. The molecule has 7 nitrogen and oxygen atoms in total. The Balaban J connectivity index is 1.84. The summed E-state index contributed by atoms with van der Waals surface area (Å²) in [5, 5.41) is 0.827. The fourth-order valence-corrected chi connectivity index (χ4v) is 3.69. The zero-order chi connectivity index (χ0) is 18.0. The summed E-state index contributed by atoms with van der Waals surface area (Å²) >= 11 is 1.49. The Bertz CT molecular complexity index is 1020. The van der Waals surface area contributed by atoms with Gasteiger partial charge in [0.15, 0.2) is 0 Å². The summed E-state index contributed by atoms with van der Waals surface area (Å²) in [7, 11) is -1.59. The molecule has 0 aliphatic heterocycles. The van der Waals surface area contributed by atoms with E-state index in [0.717, 1.165) is 27.0 Å². The highest BCUT2D eigenvalue weighted by molar-refractivity contribution is 7.90. The Morgan fingerprint density at radius 3 is 2.80 bits per heavy atom. The lowest BCUT2D eigenvalue weighted by atomic mass is 10.3. The molecule has 0 fully saturated rings. The van der Waals surface area contributed by atoms with Crippen LogP contribution in [0, 0.1) is 0 Å². The molecule has 0 aromatic carbocycles. The summed E-state index contributed by atoms with van der Waals surface area (Å²) in [6.07, 6.45) is 6.10. The number of rotatable bonds is 5. The van der Waals surface area contributed by atoms with E-state index in [1.165, 1.54) is 16.2 Å². The highest BCUT2D eigenvalue weighted by atomic mass is 32.2. The van der Waals surface area contributed by atoms with Crippen LogP contribution in [-0.4, -0.2) is 48.3 Å². The second-order valence-corrected chi connectivity index (χ2v) is 8.89. The number of pyridine rings is 2. The summed E-state index contributed by atoms with van der Waals surface area (Å²) in [5.41, 5.74) is 1.66. The maximum absolute atomic E-state index is 12.2. The van der Waals surface area contributed by atoms with Crippen molar-refractivity contribution in [2.24, 2.45) is 0 Å². The number of carbonyl (C=O) groups is 1. The standard InChI is InChI=1S/C16H16N4O3S2/c1-20(15(21)5-7-25(2,22)23)14-8-13-12(10-18-14)19-16(24-13)11-4-3-6-17-9-11/h3-4,6,8-10H,5,7H2,1-2H3. The van der Waals surface area contributed by atoms with Crippen molar-refractivity contribution in [2.75, 3.05) is 24.0 Å². The van der Waals surface area contributed by atoms with Gasteiger partial charge in [-0.2, -0.15) is 0 Å². The third-order valence-corrected chi connectivity index (χ3v) is 5.59. The average molecular weight is 376 g/mol. The van der Waals surface area contributed by atoms with E-state index in [4.69, 9.17) is 0 Å². The Morgan fingerprint density at radius 1 is 1.32 bits per heavy atom. The number of anilines is 1. The summed E-state index contributed by atoms with van der Waals surface area (Å²) in [4.78, 5) is 26.4. The molecule has 3 aromatic rings. The molecule has 130 valence electrons. The van der Waals surface area contributed by atoms with Crippen molar-refractivity contribution in [1.82, 2.24) is 15.0 Å². The summed E-state index contributed by atoms with van der Waals surface area (Å²) in [5.74, 6) is -0.00825. The SMILES string of the molecule is CN(C(=O)CCS(C)(=O)=O)c1cc2sc(-c3cccnc3)nc2cn1. The topological polar surface area (TPSA) is 93.1 Å². The van der Waals surface area contributed by atoms with E-state index in [9.17, 15) is 13.2 Å². The molecule has 1 amide bonds.